The minimum absolute atomic E-state index is 0.266. The molecule has 0 aromatic heterocycles. The number of anilines is 1. The summed E-state index contributed by atoms with van der Waals surface area (Å²) in [6.07, 6.45) is 1.19. The second-order valence-electron chi connectivity index (χ2n) is 5.91. The lowest BCUT2D eigenvalue weighted by molar-refractivity contribution is 0.247. The Morgan fingerprint density at radius 1 is 1.21 bits per heavy atom. The number of amides is 2. The number of aliphatic imine (C=N–C) groups is 1. The fourth-order valence-corrected chi connectivity index (χ4v) is 2.70. The maximum absolute atomic E-state index is 12.2. The van der Waals surface area contributed by atoms with Gasteiger partial charge >= 0.3 is 6.03 Å². The zero-order valence-electron chi connectivity index (χ0n) is 13.5. The van der Waals surface area contributed by atoms with Crippen molar-refractivity contribution >= 4 is 39.3 Å². The molecule has 3 N–H and O–H groups in total. The third kappa shape index (κ3) is 3.86. The van der Waals surface area contributed by atoms with Crippen LogP contribution in [0.2, 0.25) is 0 Å². The third-order valence-electron chi connectivity index (χ3n) is 3.73. The minimum Gasteiger partial charge on any atom is -0.350 e. The number of carbonyl (C=O) groups excluding carboxylic acids is 1. The zero-order chi connectivity index (χ0) is 17.1. The van der Waals surface area contributed by atoms with E-state index in [4.69, 9.17) is 11.6 Å². The Labute approximate surface area is 145 Å². The monoisotopic (exact) mass is 342 g/mol. The van der Waals surface area contributed by atoms with Crippen LogP contribution in [0.25, 0.3) is 10.8 Å². The van der Waals surface area contributed by atoms with E-state index in [9.17, 15) is 4.79 Å². The molecule has 2 aromatic carbocycles. The van der Waals surface area contributed by atoms with Gasteiger partial charge in [0.1, 0.15) is 5.17 Å². The van der Waals surface area contributed by atoms with Crippen LogP contribution < -0.4 is 16.0 Å². The summed E-state index contributed by atoms with van der Waals surface area (Å²) < 4.78 is 0. The molecule has 1 atom stereocenters. The molecule has 124 valence electrons. The predicted octanol–water partition coefficient (Wildman–Crippen LogP) is 4.03. The van der Waals surface area contributed by atoms with Gasteiger partial charge < -0.3 is 10.6 Å². The van der Waals surface area contributed by atoms with Crippen LogP contribution in [-0.2, 0) is 0 Å². The number of nitrogens with zero attached hydrogens (tertiary/aromatic N) is 1. The maximum Gasteiger partial charge on any atom is 0.322 e. The molecule has 1 unspecified atom stereocenters. The first-order valence-electron chi connectivity index (χ1n) is 7.79. The number of hydrogen-bond acceptors (Lipinski definition) is 3. The summed E-state index contributed by atoms with van der Waals surface area (Å²) in [6, 6.07) is 13.4. The molecule has 0 radical (unpaired) electrons. The van der Waals surface area contributed by atoms with Crippen molar-refractivity contribution in [3.05, 3.63) is 54.2 Å². The topological polar surface area (TPSA) is 65.5 Å². The molecule has 2 amide bonds. The second kappa shape index (κ2) is 6.93. The molecule has 1 heterocycles. The fraction of sp³-hybridized carbons (Fsp3) is 0.222. The molecular weight excluding hydrogens is 324 g/mol. The van der Waals surface area contributed by atoms with E-state index in [0.717, 1.165) is 22.2 Å². The molecular formula is C18H19ClN4O. The molecule has 0 fully saturated rings. The smallest absolute Gasteiger partial charge is 0.322 e. The highest BCUT2D eigenvalue weighted by atomic mass is 35.5. The van der Waals surface area contributed by atoms with Gasteiger partial charge in [0.25, 0.3) is 0 Å². The van der Waals surface area contributed by atoms with Crippen molar-refractivity contribution in [3.8, 4) is 0 Å². The fourth-order valence-electron chi connectivity index (χ4n) is 2.48. The van der Waals surface area contributed by atoms with E-state index in [0.29, 0.717) is 5.17 Å². The highest BCUT2D eigenvalue weighted by molar-refractivity contribution is 6.68. The average Bonchev–Trinajstić information content (AvgIpc) is 2.54. The van der Waals surface area contributed by atoms with Crippen LogP contribution in [0.5, 0.6) is 0 Å². The molecule has 0 saturated heterocycles. The summed E-state index contributed by atoms with van der Waals surface area (Å²) in [6.45, 7) is 4.08. The van der Waals surface area contributed by atoms with Gasteiger partial charge in [0.05, 0.1) is 0 Å². The van der Waals surface area contributed by atoms with Crippen molar-refractivity contribution < 1.29 is 4.79 Å². The number of hydrogen-bond donors (Lipinski definition) is 3. The maximum atomic E-state index is 12.2. The van der Waals surface area contributed by atoms with E-state index in [-0.39, 0.29) is 11.9 Å². The summed E-state index contributed by atoms with van der Waals surface area (Å²) in [4.78, 5) is 16.4. The lowest BCUT2D eigenvalue weighted by Crippen LogP contribution is -2.47. The van der Waals surface area contributed by atoms with Crippen molar-refractivity contribution in [1.82, 2.24) is 10.6 Å². The van der Waals surface area contributed by atoms with E-state index in [1.54, 1.807) is 6.08 Å². The number of allylic oxidation sites excluding steroid dienone is 2. The van der Waals surface area contributed by atoms with Gasteiger partial charge in [-0.05, 0) is 34.9 Å². The number of benzene rings is 2. The van der Waals surface area contributed by atoms with E-state index in [1.165, 1.54) is 0 Å². The largest absolute Gasteiger partial charge is 0.350 e. The molecule has 0 saturated carbocycles. The van der Waals surface area contributed by atoms with Crippen molar-refractivity contribution in [2.24, 2.45) is 10.9 Å². The molecule has 3 rings (SSSR count). The summed E-state index contributed by atoms with van der Waals surface area (Å²) in [5.41, 5.74) is 1.66. The SMILES string of the molecule is CC(C)C1=CC(Cl)=NC(NC(=O)Nc2ccc3ccccc3c2)N1. The van der Waals surface area contributed by atoms with Crippen molar-refractivity contribution in [2.45, 2.75) is 20.1 Å². The van der Waals surface area contributed by atoms with Gasteiger partial charge in [0.2, 0.25) is 0 Å². The molecule has 0 aliphatic carbocycles. The highest BCUT2D eigenvalue weighted by Crippen LogP contribution is 2.19. The van der Waals surface area contributed by atoms with Crippen LogP contribution in [0, 0.1) is 5.92 Å². The number of halogens is 1. The molecule has 24 heavy (non-hydrogen) atoms. The van der Waals surface area contributed by atoms with Crippen molar-refractivity contribution in [3.63, 3.8) is 0 Å². The highest BCUT2D eigenvalue weighted by Gasteiger charge is 2.18. The standard InChI is InChI=1S/C18H19ClN4O/c1-11(2)15-10-16(19)22-17(21-15)23-18(24)20-14-8-7-12-5-3-4-6-13(12)9-14/h3-11,17,21H,1-2H3,(H2,20,23,24). The van der Waals surface area contributed by atoms with Crippen LogP contribution in [0.15, 0.2) is 59.2 Å². The van der Waals surface area contributed by atoms with Gasteiger partial charge in [0, 0.05) is 11.4 Å². The van der Waals surface area contributed by atoms with E-state index >= 15 is 0 Å². The van der Waals surface area contributed by atoms with Gasteiger partial charge in [-0.1, -0.05) is 55.8 Å². The molecule has 0 spiro atoms. The van der Waals surface area contributed by atoms with Crippen LogP contribution in [-0.4, -0.2) is 17.5 Å². The first-order chi connectivity index (χ1) is 11.5. The molecule has 2 aromatic rings. The van der Waals surface area contributed by atoms with Gasteiger partial charge in [-0.3, -0.25) is 5.32 Å². The Bertz CT molecular complexity index is 829. The summed E-state index contributed by atoms with van der Waals surface area (Å²) in [5, 5.41) is 11.3. The molecule has 1 aliphatic heterocycles. The average molecular weight is 343 g/mol. The summed E-state index contributed by atoms with van der Waals surface area (Å²) >= 11 is 6.02. The van der Waals surface area contributed by atoms with Crippen LogP contribution in [0.1, 0.15) is 13.8 Å². The van der Waals surface area contributed by atoms with Crippen LogP contribution >= 0.6 is 11.6 Å². The third-order valence-corrected chi connectivity index (χ3v) is 3.93. The predicted molar refractivity (Wildman–Crippen MR) is 99.2 cm³/mol. The van der Waals surface area contributed by atoms with Crippen LogP contribution in [0.4, 0.5) is 10.5 Å². The number of rotatable bonds is 3. The Morgan fingerprint density at radius 2 is 1.96 bits per heavy atom. The summed E-state index contributed by atoms with van der Waals surface area (Å²) in [5.74, 6) is 0.266. The van der Waals surface area contributed by atoms with E-state index in [2.05, 4.69) is 20.9 Å². The van der Waals surface area contributed by atoms with Crippen LogP contribution in [0.3, 0.4) is 0 Å². The van der Waals surface area contributed by atoms with Gasteiger partial charge in [-0.15, -0.1) is 0 Å². The van der Waals surface area contributed by atoms with E-state index < -0.39 is 6.29 Å². The minimum atomic E-state index is -0.583. The quantitative estimate of drug-likeness (QED) is 0.788. The van der Waals surface area contributed by atoms with E-state index in [1.807, 2.05) is 56.3 Å². The van der Waals surface area contributed by atoms with Gasteiger partial charge in [-0.25, -0.2) is 9.79 Å². The number of fused-ring (bicyclic) bond motifs is 1. The molecule has 1 aliphatic rings. The van der Waals surface area contributed by atoms with Crippen molar-refractivity contribution in [2.75, 3.05) is 5.32 Å². The number of urea groups is 1. The van der Waals surface area contributed by atoms with Crippen molar-refractivity contribution in [1.29, 1.82) is 0 Å². The lowest BCUT2D eigenvalue weighted by Gasteiger charge is -2.25. The lowest BCUT2D eigenvalue weighted by atomic mass is 10.1. The first kappa shape index (κ1) is 16.3. The van der Waals surface area contributed by atoms with Gasteiger partial charge in [-0.2, -0.15) is 0 Å². The Kier molecular flexibility index (Phi) is 4.71. The summed E-state index contributed by atoms with van der Waals surface area (Å²) in [7, 11) is 0. The molecule has 0 bridgehead atoms. The van der Waals surface area contributed by atoms with Gasteiger partial charge in [0.15, 0.2) is 6.29 Å². The Morgan fingerprint density at radius 3 is 2.71 bits per heavy atom. The Hall–Kier alpha value is -2.53. The zero-order valence-corrected chi connectivity index (χ0v) is 14.3. The number of carbonyl (C=O) groups is 1. The molecule has 6 heteroatoms. The first-order valence-corrected chi connectivity index (χ1v) is 8.17. The molecule has 5 nitrogen and oxygen atoms in total. The Balaban J connectivity index is 1.66. The second-order valence-corrected chi connectivity index (χ2v) is 6.30. The number of nitrogens with one attached hydrogen (secondary N) is 3. The normalized spacial score (nSPS) is 17.1.